The number of aliphatic hydroxyl groups is 1. The Morgan fingerprint density at radius 2 is 0.887 bits per heavy atom. The quantitative estimate of drug-likeness (QED) is 0.137. The zero-order valence-corrected chi connectivity index (χ0v) is 30.0. The number of nitrogens with zero attached hydrogens (tertiary/aromatic N) is 3. The number of hydrogen-bond acceptors (Lipinski definition) is 3. The van der Waals surface area contributed by atoms with E-state index in [0.29, 0.717) is 0 Å². The Kier molecular flexibility index (Phi) is 8.09. The van der Waals surface area contributed by atoms with Crippen molar-refractivity contribution in [2.24, 2.45) is 0 Å². The van der Waals surface area contributed by atoms with Gasteiger partial charge in [0.05, 0.1) is 11.0 Å². The van der Waals surface area contributed by atoms with E-state index in [9.17, 15) is 5.11 Å². The molecule has 0 fully saturated rings. The molecule has 1 atom stereocenters. The Hall–Kier alpha value is -6.17. The predicted octanol–water partition coefficient (Wildman–Crippen LogP) is 7.98. The summed E-state index contributed by atoms with van der Waals surface area (Å²) in [7, 11) is 5.73. The van der Waals surface area contributed by atoms with Crippen LogP contribution in [0, 0.1) is 0 Å². The molecule has 7 aromatic carbocycles. The van der Waals surface area contributed by atoms with Gasteiger partial charge in [0.1, 0.15) is 29.4 Å². The molecule has 0 aliphatic rings. The van der Waals surface area contributed by atoms with E-state index in [-0.39, 0.29) is 5.82 Å². The molecule has 250 valence electrons. The van der Waals surface area contributed by atoms with Crippen LogP contribution in [0.4, 0.5) is 0 Å². The third-order valence-electron chi connectivity index (χ3n) is 10.8. The van der Waals surface area contributed by atoms with Crippen molar-refractivity contribution in [2.75, 3.05) is 0 Å². The van der Waals surface area contributed by atoms with E-state index in [0.717, 1.165) is 39.2 Å². The molecule has 0 spiro atoms. The Morgan fingerprint density at radius 3 is 1.36 bits per heavy atom. The molecule has 9 rings (SSSR count). The van der Waals surface area contributed by atoms with E-state index < -0.39 is 5.40 Å². The molecule has 0 amide bonds. The molecule has 0 radical (unpaired) electrons. The lowest BCUT2D eigenvalue weighted by atomic mass is 9.52. The van der Waals surface area contributed by atoms with Gasteiger partial charge in [-0.3, -0.25) is 9.55 Å². The molecular formula is C46H36B3N3O. The topological polar surface area (TPSA) is 50.9 Å². The van der Waals surface area contributed by atoms with Gasteiger partial charge in [-0.15, -0.1) is 0 Å². The second kappa shape index (κ2) is 13.1. The van der Waals surface area contributed by atoms with Crippen LogP contribution in [0.25, 0.3) is 82.8 Å². The first-order chi connectivity index (χ1) is 25.8. The van der Waals surface area contributed by atoms with E-state index in [1.165, 1.54) is 49.4 Å². The Bertz CT molecular complexity index is 2700. The molecule has 7 heteroatoms. The average Bonchev–Trinajstić information content (AvgIpc) is 3.59. The summed E-state index contributed by atoms with van der Waals surface area (Å²) in [6, 6.07) is 56.4. The van der Waals surface area contributed by atoms with Gasteiger partial charge in [0, 0.05) is 29.3 Å². The van der Waals surface area contributed by atoms with Crippen LogP contribution < -0.4 is 0 Å². The van der Waals surface area contributed by atoms with Crippen molar-refractivity contribution in [3.63, 3.8) is 0 Å². The third-order valence-corrected chi connectivity index (χ3v) is 10.8. The van der Waals surface area contributed by atoms with Crippen molar-refractivity contribution in [3.05, 3.63) is 176 Å². The molecule has 4 nitrogen and oxygen atoms in total. The number of pyridine rings is 1. The fourth-order valence-electron chi connectivity index (χ4n) is 7.68. The second-order valence-electron chi connectivity index (χ2n) is 14.4. The normalized spacial score (nSPS) is 12.4. The van der Waals surface area contributed by atoms with Gasteiger partial charge in [-0.1, -0.05) is 121 Å². The van der Waals surface area contributed by atoms with Crippen molar-refractivity contribution in [1.29, 1.82) is 0 Å². The molecular weight excluding hydrogens is 643 g/mol. The maximum absolute atomic E-state index is 10.9. The first-order valence-electron chi connectivity index (χ1n) is 18.2. The van der Waals surface area contributed by atoms with E-state index in [2.05, 4.69) is 137 Å². The van der Waals surface area contributed by atoms with Gasteiger partial charge < -0.3 is 5.11 Å². The van der Waals surface area contributed by atoms with Crippen LogP contribution in [0.3, 0.4) is 0 Å². The van der Waals surface area contributed by atoms with Crippen LogP contribution in [0.2, 0.25) is 0 Å². The minimum atomic E-state index is -0.913. The van der Waals surface area contributed by atoms with E-state index >= 15 is 0 Å². The van der Waals surface area contributed by atoms with Crippen molar-refractivity contribution in [1.82, 2.24) is 14.5 Å². The van der Waals surface area contributed by atoms with Crippen LogP contribution in [0.1, 0.15) is 11.6 Å². The first-order valence-corrected chi connectivity index (χ1v) is 18.2. The van der Waals surface area contributed by atoms with E-state index in [1.807, 2.05) is 66.3 Å². The van der Waals surface area contributed by atoms with Gasteiger partial charge in [0.2, 0.25) is 0 Å². The summed E-state index contributed by atoms with van der Waals surface area (Å²) in [6.45, 7) is 0. The lowest BCUT2D eigenvalue weighted by Gasteiger charge is -2.26. The zero-order valence-electron chi connectivity index (χ0n) is 30.0. The van der Waals surface area contributed by atoms with Gasteiger partial charge in [-0.2, -0.15) is 0 Å². The number of aromatic nitrogens is 3. The van der Waals surface area contributed by atoms with E-state index in [4.69, 9.17) is 4.98 Å². The Labute approximate surface area is 312 Å². The van der Waals surface area contributed by atoms with Gasteiger partial charge >= 0.3 is 0 Å². The smallest absolute Gasteiger partial charge is 0.131 e. The largest absolute Gasteiger partial charge is 0.408 e. The fraction of sp³-hybridized carbons (Fsp3) is 0.0435. The zero-order chi connectivity index (χ0) is 36.1. The molecule has 2 heterocycles. The summed E-state index contributed by atoms with van der Waals surface area (Å²) in [6.07, 6.45) is 3.68. The molecule has 0 bridgehead atoms. The predicted molar refractivity (Wildman–Crippen MR) is 229 cm³/mol. The second-order valence-corrected chi connectivity index (χ2v) is 14.4. The molecule has 2 aromatic heterocycles. The van der Waals surface area contributed by atoms with Crippen molar-refractivity contribution in [2.45, 2.75) is 11.2 Å². The van der Waals surface area contributed by atoms with Gasteiger partial charge in [0.25, 0.3) is 0 Å². The summed E-state index contributed by atoms with van der Waals surface area (Å²) in [5.41, 5.74) is 12.5. The van der Waals surface area contributed by atoms with Gasteiger partial charge in [0.15, 0.2) is 0 Å². The minimum Gasteiger partial charge on any atom is -0.408 e. The highest BCUT2D eigenvalue weighted by Crippen LogP contribution is 2.44. The summed E-state index contributed by atoms with van der Waals surface area (Å²) in [5, 5.41) is 14.9. The summed E-state index contributed by atoms with van der Waals surface area (Å²) >= 11 is 0. The Balaban J connectivity index is 1.10. The molecule has 0 aliphatic carbocycles. The fourth-order valence-corrected chi connectivity index (χ4v) is 7.68. The van der Waals surface area contributed by atoms with Crippen molar-refractivity contribution < 1.29 is 5.11 Å². The number of para-hydroxylation sites is 2. The average molecular weight is 679 g/mol. The maximum Gasteiger partial charge on any atom is 0.131 e. The van der Waals surface area contributed by atoms with Crippen molar-refractivity contribution in [3.8, 4) is 50.2 Å². The highest BCUT2D eigenvalue weighted by atomic mass is 16.3. The molecule has 1 unspecified atom stereocenters. The highest BCUT2D eigenvalue weighted by Gasteiger charge is 2.29. The summed E-state index contributed by atoms with van der Waals surface area (Å²) in [5.74, 6) is 0.685. The number of benzene rings is 7. The standard InChI is InChI=1S/C46H36B3N3O/c47-44(46(48,49)53)45-51-40-11-5-6-12-41(40)52(45)35-23-21-31(22-24-35)29-13-17-33(18-14-29)42-36-7-1-3-9-38(36)43(39-10-4-2-8-37(39)42)34-19-15-30(16-20-34)32-25-27-50-28-26-32/h1-28,44,53H,47-49H2. The number of fused-ring (bicyclic) bond motifs is 3. The van der Waals surface area contributed by atoms with Crippen LogP contribution in [0.5, 0.6) is 0 Å². The lowest BCUT2D eigenvalue weighted by Crippen LogP contribution is -2.39. The van der Waals surface area contributed by atoms with E-state index in [1.54, 1.807) is 0 Å². The SMILES string of the molecule is BC(c1nc2ccccc2n1-c1ccc(-c2ccc(-c3c4ccccc4c(-c4ccc(-c5ccncc5)cc4)c4ccccc34)cc2)cc1)C(B)(B)O. The molecule has 0 aliphatic heterocycles. The van der Waals surface area contributed by atoms with Crippen LogP contribution >= 0.6 is 0 Å². The first kappa shape index (κ1) is 32.7. The van der Waals surface area contributed by atoms with Gasteiger partial charge in [-0.25, -0.2) is 4.98 Å². The van der Waals surface area contributed by atoms with Crippen LogP contribution in [-0.2, 0) is 0 Å². The molecule has 53 heavy (non-hydrogen) atoms. The molecule has 1 N–H and O–H groups in total. The number of rotatable bonds is 7. The van der Waals surface area contributed by atoms with Crippen LogP contribution in [-0.4, -0.2) is 48.6 Å². The molecule has 9 aromatic rings. The maximum atomic E-state index is 10.9. The number of hydrogen-bond donors (Lipinski definition) is 1. The van der Waals surface area contributed by atoms with Gasteiger partial charge in [-0.05, 0) is 102 Å². The van der Waals surface area contributed by atoms with Crippen LogP contribution in [0.15, 0.2) is 170 Å². The minimum absolute atomic E-state index is 0.165. The summed E-state index contributed by atoms with van der Waals surface area (Å²) < 4.78 is 2.18. The van der Waals surface area contributed by atoms with Crippen molar-refractivity contribution >= 4 is 56.1 Å². The number of imidazole rings is 1. The summed E-state index contributed by atoms with van der Waals surface area (Å²) in [4.78, 5) is 9.14. The lowest BCUT2D eigenvalue weighted by molar-refractivity contribution is 0.204. The highest BCUT2D eigenvalue weighted by molar-refractivity contribution is 6.43. The molecule has 0 saturated carbocycles. The third kappa shape index (κ3) is 5.84. The monoisotopic (exact) mass is 679 g/mol. The Morgan fingerprint density at radius 1 is 0.491 bits per heavy atom. The molecule has 0 saturated heterocycles.